The molecule has 0 bridgehead atoms. The van der Waals surface area contributed by atoms with E-state index in [1.807, 2.05) is 20.8 Å². The topological polar surface area (TPSA) is 58.2 Å². The average molecular weight is 184 g/mol. The fourth-order valence-electron chi connectivity index (χ4n) is 1.76. The van der Waals surface area contributed by atoms with E-state index >= 15 is 0 Å². The summed E-state index contributed by atoms with van der Waals surface area (Å²) in [7, 11) is 0. The largest absolute Gasteiger partial charge is 0.323 e. The molecule has 1 fully saturated rings. The molecule has 1 aliphatic heterocycles. The van der Waals surface area contributed by atoms with Crippen LogP contribution in [0.15, 0.2) is 0 Å². The van der Waals surface area contributed by atoms with Crippen molar-refractivity contribution < 1.29 is 9.59 Å². The Morgan fingerprint density at radius 2 is 2.00 bits per heavy atom. The molecule has 0 spiro atoms. The molecular weight excluding hydrogens is 168 g/mol. The third-order valence-corrected chi connectivity index (χ3v) is 2.37. The summed E-state index contributed by atoms with van der Waals surface area (Å²) in [6.45, 7) is 5.98. The van der Waals surface area contributed by atoms with E-state index in [-0.39, 0.29) is 11.9 Å². The van der Waals surface area contributed by atoms with Gasteiger partial charge in [0, 0.05) is 0 Å². The zero-order valence-corrected chi connectivity index (χ0v) is 8.31. The van der Waals surface area contributed by atoms with Crippen LogP contribution in [0.2, 0.25) is 0 Å². The Morgan fingerprint density at radius 3 is 2.31 bits per heavy atom. The van der Waals surface area contributed by atoms with E-state index in [0.717, 1.165) is 0 Å². The molecule has 0 aliphatic carbocycles. The molecule has 1 heterocycles. The van der Waals surface area contributed by atoms with Crippen LogP contribution >= 0.6 is 0 Å². The van der Waals surface area contributed by atoms with Crippen molar-refractivity contribution in [3.8, 4) is 0 Å². The number of hydrogen-bond acceptors (Lipinski definition) is 2. The van der Waals surface area contributed by atoms with Crippen LogP contribution in [0, 0.1) is 5.92 Å². The Labute approximate surface area is 78.1 Å². The summed E-state index contributed by atoms with van der Waals surface area (Å²) < 4.78 is 0. The molecule has 74 valence electrons. The number of nitrogens with one attached hydrogen (secondary N) is 2. The second kappa shape index (κ2) is 3.36. The van der Waals surface area contributed by atoms with Crippen molar-refractivity contribution >= 4 is 11.9 Å². The number of carbonyl (C=O) groups excluding carboxylic acids is 2. The maximum Gasteiger partial charge on any atom is 0.322 e. The average Bonchev–Trinajstić information content (AvgIpc) is 2.26. The van der Waals surface area contributed by atoms with Crippen molar-refractivity contribution in [3.05, 3.63) is 0 Å². The van der Waals surface area contributed by atoms with Crippen LogP contribution in [0.1, 0.15) is 33.6 Å². The molecule has 0 aromatic rings. The lowest BCUT2D eigenvalue weighted by atomic mass is 9.87. The Kier molecular flexibility index (Phi) is 2.59. The fourth-order valence-corrected chi connectivity index (χ4v) is 1.76. The quantitative estimate of drug-likeness (QED) is 0.643. The predicted octanol–water partition coefficient (Wildman–Crippen LogP) is 1.02. The van der Waals surface area contributed by atoms with Gasteiger partial charge in [-0.1, -0.05) is 20.8 Å². The maximum atomic E-state index is 11.5. The minimum Gasteiger partial charge on any atom is -0.323 e. The second-order valence-electron chi connectivity index (χ2n) is 3.94. The standard InChI is InChI=1S/C9H16N2O2/c1-4-9(5-6(2)3)7(12)10-8(13)11-9/h6H,4-5H2,1-3H3,(H2,10,11,12,13). The summed E-state index contributed by atoms with van der Waals surface area (Å²) >= 11 is 0. The Morgan fingerprint density at radius 1 is 1.38 bits per heavy atom. The first-order valence-corrected chi connectivity index (χ1v) is 4.64. The van der Waals surface area contributed by atoms with Gasteiger partial charge in [-0.25, -0.2) is 4.79 Å². The molecule has 0 saturated carbocycles. The molecule has 0 aromatic heterocycles. The number of rotatable bonds is 3. The van der Waals surface area contributed by atoms with E-state index in [2.05, 4.69) is 10.6 Å². The fraction of sp³-hybridized carbons (Fsp3) is 0.778. The molecule has 0 radical (unpaired) electrons. The van der Waals surface area contributed by atoms with Crippen molar-refractivity contribution in [3.63, 3.8) is 0 Å². The zero-order valence-electron chi connectivity index (χ0n) is 8.31. The molecular formula is C9H16N2O2. The number of carbonyl (C=O) groups is 2. The van der Waals surface area contributed by atoms with Crippen LogP contribution < -0.4 is 10.6 Å². The van der Waals surface area contributed by atoms with E-state index in [1.54, 1.807) is 0 Å². The van der Waals surface area contributed by atoms with Gasteiger partial charge in [-0.2, -0.15) is 0 Å². The smallest absolute Gasteiger partial charge is 0.322 e. The van der Waals surface area contributed by atoms with Gasteiger partial charge >= 0.3 is 6.03 Å². The monoisotopic (exact) mass is 184 g/mol. The van der Waals surface area contributed by atoms with Gasteiger partial charge < -0.3 is 5.32 Å². The van der Waals surface area contributed by atoms with Crippen molar-refractivity contribution in [1.82, 2.24) is 10.6 Å². The third-order valence-electron chi connectivity index (χ3n) is 2.37. The van der Waals surface area contributed by atoms with Crippen LogP contribution in [-0.2, 0) is 4.79 Å². The number of amides is 3. The first kappa shape index (κ1) is 10.0. The van der Waals surface area contributed by atoms with Crippen LogP contribution in [-0.4, -0.2) is 17.5 Å². The van der Waals surface area contributed by atoms with E-state index in [4.69, 9.17) is 0 Å². The number of urea groups is 1. The van der Waals surface area contributed by atoms with Gasteiger partial charge in [-0.3, -0.25) is 10.1 Å². The summed E-state index contributed by atoms with van der Waals surface area (Å²) in [6, 6.07) is -0.368. The van der Waals surface area contributed by atoms with E-state index in [0.29, 0.717) is 18.8 Å². The lowest BCUT2D eigenvalue weighted by Crippen LogP contribution is -2.47. The third kappa shape index (κ3) is 1.82. The normalized spacial score (nSPS) is 27.7. The molecule has 1 saturated heterocycles. The summed E-state index contributed by atoms with van der Waals surface area (Å²) in [6.07, 6.45) is 1.34. The van der Waals surface area contributed by atoms with Gasteiger partial charge in [0.1, 0.15) is 5.54 Å². The highest BCUT2D eigenvalue weighted by Gasteiger charge is 2.44. The second-order valence-corrected chi connectivity index (χ2v) is 3.94. The highest BCUT2D eigenvalue weighted by molar-refractivity contribution is 6.06. The van der Waals surface area contributed by atoms with Crippen molar-refractivity contribution in [1.29, 1.82) is 0 Å². The van der Waals surface area contributed by atoms with Gasteiger partial charge in [-0.15, -0.1) is 0 Å². The molecule has 1 atom stereocenters. The first-order valence-electron chi connectivity index (χ1n) is 4.64. The van der Waals surface area contributed by atoms with Gasteiger partial charge in [0.05, 0.1) is 0 Å². The van der Waals surface area contributed by atoms with Crippen LogP contribution in [0.3, 0.4) is 0 Å². The van der Waals surface area contributed by atoms with E-state index in [1.165, 1.54) is 0 Å². The summed E-state index contributed by atoms with van der Waals surface area (Å²) in [5.41, 5.74) is -0.661. The SMILES string of the molecule is CCC1(CC(C)C)NC(=O)NC1=O. The number of hydrogen-bond donors (Lipinski definition) is 2. The Hall–Kier alpha value is -1.06. The molecule has 4 heteroatoms. The maximum absolute atomic E-state index is 11.5. The van der Waals surface area contributed by atoms with Crippen LogP contribution in [0.25, 0.3) is 0 Å². The Bertz CT molecular complexity index is 238. The summed E-state index contributed by atoms with van der Waals surface area (Å²) in [5, 5.41) is 4.97. The zero-order chi connectivity index (χ0) is 10.1. The van der Waals surface area contributed by atoms with Gasteiger partial charge in [0.25, 0.3) is 5.91 Å². The Balaban J connectivity index is 2.80. The minimum atomic E-state index is -0.661. The molecule has 3 amide bonds. The summed E-state index contributed by atoms with van der Waals surface area (Å²) in [4.78, 5) is 22.4. The van der Waals surface area contributed by atoms with Gasteiger partial charge in [0.2, 0.25) is 0 Å². The van der Waals surface area contributed by atoms with E-state index in [9.17, 15) is 9.59 Å². The predicted molar refractivity (Wildman–Crippen MR) is 49.2 cm³/mol. The van der Waals surface area contributed by atoms with Crippen LogP contribution in [0.4, 0.5) is 4.79 Å². The molecule has 1 unspecified atom stereocenters. The van der Waals surface area contributed by atoms with Gasteiger partial charge in [-0.05, 0) is 18.8 Å². The van der Waals surface area contributed by atoms with E-state index < -0.39 is 5.54 Å². The highest BCUT2D eigenvalue weighted by Crippen LogP contribution is 2.23. The van der Waals surface area contributed by atoms with Crippen molar-refractivity contribution in [2.45, 2.75) is 39.2 Å². The molecule has 1 rings (SSSR count). The highest BCUT2D eigenvalue weighted by atomic mass is 16.2. The minimum absolute atomic E-state index is 0.186. The first-order chi connectivity index (χ1) is 6.00. The molecule has 13 heavy (non-hydrogen) atoms. The molecule has 1 aliphatic rings. The lowest BCUT2D eigenvalue weighted by molar-refractivity contribution is -0.124. The van der Waals surface area contributed by atoms with Gasteiger partial charge in [0.15, 0.2) is 0 Å². The molecule has 0 aromatic carbocycles. The van der Waals surface area contributed by atoms with Crippen LogP contribution in [0.5, 0.6) is 0 Å². The van der Waals surface area contributed by atoms with Crippen molar-refractivity contribution in [2.24, 2.45) is 5.92 Å². The molecule has 4 nitrogen and oxygen atoms in total. The summed E-state index contributed by atoms with van der Waals surface area (Å²) in [5.74, 6) is 0.206. The lowest BCUT2D eigenvalue weighted by Gasteiger charge is -2.25. The van der Waals surface area contributed by atoms with Crippen molar-refractivity contribution in [2.75, 3.05) is 0 Å². The number of imide groups is 1. The molecule has 2 N–H and O–H groups in total.